The van der Waals surface area contributed by atoms with Gasteiger partial charge in [-0.2, -0.15) is 0 Å². The van der Waals surface area contributed by atoms with E-state index in [1.165, 1.54) is 12.8 Å². The molecule has 1 unspecified atom stereocenters. The molecule has 2 N–H and O–H groups in total. The highest BCUT2D eigenvalue weighted by atomic mass is 16.5. The van der Waals surface area contributed by atoms with Gasteiger partial charge in [0.05, 0.1) is 6.61 Å². The van der Waals surface area contributed by atoms with Gasteiger partial charge in [0.1, 0.15) is 0 Å². The number of hydrogen-bond donors (Lipinski definition) is 1. The largest absolute Gasteiger partial charge is 0.381 e. The van der Waals surface area contributed by atoms with Crippen molar-refractivity contribution in [3.8, 4) is 0 Å². The van der Waals surface area contributed by atoms with Gasteiger partial charge in [0.15, 0.2) is 0 Å². The van der Waals surface area contributed by atoms with Crippen LogP contribution in [0.1, 0.15) is 12.8 Å². The van der Waals surface area contributed by atoms with Crippen LogP contribution in [0, 0.1) is 5.92 Å². The molecule has 3 heteroatoms. The van der Waals surface area contributed by atoms with Gasteiger partial charge in [-0.05, 0) is 25.8 Å². The third-order valence-electron chi connectivity index (χ3n) is 2.34. The zero-order chi connectivity index (χ0) is 8.81. The van der Waals surface area contributed by atoms with Crippen LogP contribution in [0.5, 0.6) is 0 Å². The first-order valence-electron chi connectivity index (χ1n) is 4.79. The lowest BCUT2D eigenvalue weighted by Crippen LogP contribution is -2.33. The Morgan fingerprint density at radius 3 is 3.00 bits per heavy atom. The average Bonchev–Trinajstić information content (AvgIpc) is 2.06. The van der Waals surface area contributed by atoms with E-state index in [4.69, 9.17) is 10.5 Å². The van der Waals surface area contributed by atoms with Crippen LogP contribution in [0.2, 0.25) is 0 Å². The summed E-state index contributed by atoms with van der Waals surface area (Å²) < 4.78 is 5.40. The Balaban J connectivity index is 2.11. The second kappa shape index (κ2) is 5.51. The van der Waals surface area contributed by atoms with E-state index in [0.29, 0.717) is 0 Å². The molecule has 0 aromatic carbocycles. The summed E-state index contributed by atoms with van der Waals surface area (Å²) in [5, 5.41) is 0. The lowest BCUT2D eigenvalue weighted by molar-refractivity contribution is 0.0424. The van der Waals surface area contributed by atoms with E-state index in [9.17, 15) is 0 Å². The SMILES string of the molecule is CN(CCN)CC1CCCOC1. The van der Waals surface area contributed by atoms with E-state index in [2.05, 4.69) is 11.9 Å². The van der Waals surface area contributed by atoms with Gasteiger partial charge in [-0.1, -0.05) is 0 Å². The lowest BCUT2D eigenvalue weighted by atomic mass is 10.0. The second-order valence-corrected chi connectivity index (χ2v) is 3.63. The fraction of sp³-hybridized carbons (Fsp3) is 1.00. The Bertz CT molecular complexity index is 113. The van der Waals surface area contributed by atoms with Gasteiger partial charge in [-0.3, -0.25) is 0 Å². The summed E-state index contributed by atoms with van der Waals surface area (Å²) >= 11 is 0. The molecule has 0 amide bonds. The minimum atomic E-state index is 0.732. The third kappa shape index (κ3) is 3.52. The van der Waals surface area contributed by atoms with E-state index < -0.39 is 0 Å². The Hall–Kier alpha value is -0.120. The Morgan fingerprint density at radius 2 is 2.42 bits per heavy atom. The molecule has 72 valence electrons. The summed E-state index contributed by atoms with van der Waals surface area (Å²) in [6, 6.07) is 0. The molecular weight excluding hydrogens is 152 g/mol. The van der Waals surface area contributed by atoms with Gasteiger partial charge in [0.2, 0.25) is 0 Å². The van der Waals surface area contributed by atoms with E-state index in [1.54, 1.807) is 0 Å². The van der Waals surface area contributed by atoms with Crippen LogP contribution in [0.4, 0.5) is 0 Å². The number of likely N-dealkylation sites (N-methyl/N-ethyl adjacent to an activating group) is 1. The van der Waals surface area contributed by atoms with Crippen molar-refractivity contribution in [1.82, 2.24) is 4.90 Å². The number of ether oxygens (including phenoxy) is 1. The molecule has 0 saturated carbocycles. The van der Waals surface area contributed by atoms with Crippen LogP contribution < -0.4 is 5.73 Å². The number of nitrogens with zero attached hydrogens (tertiary/aromatic N) is 1. The van der Waals surface area contributed by atoms with Crippen LogP contribution in [0.25, 0.3) is 0 Å². The van der Waals surface area contributed by atoms with Gasteiger partial charge in [-0.15, -0.1) is 0 Å². The molecule has 0 aliphatic carbocycles. The predicted octanol–water partition coefficient (Wildman–Crippen LogP) is 0.303. The van der Waals surface area contributed by atoms with Crippen molar-refractivity contribution in [2.75, 3.05) is 39.9 Å². The molecule has 0 aromatic rings. The van der Waals surface area contributed by atoms with Crippen LogP contribution in [0.3, 0.4) is 0 Å². The number of rotatable bonds is 4. The molecule has 1 rings (SSSR count). The molecule has 0 aromatic heterocycles. The maximum Gasteiger partial charge on any atom is 0.0506 e. The molecule has 12 heavy (non-hydrogen) atoms. The molecule has 1 fully saturated rings. The summed E-state index contributed by atoms with van der Waals surface area (Å²) in [7, 11) is 2.13. The zero-order valence-corrected chi connectivity index (χ0v) is 7.96. The molecule has 1 saturated heterocycles. The fourth-order valence-corrected chi connectivity index (χ4v) is 1.70. The van der Waals surface area contributed by atoms with Gasteiger partial charge in [-0.25, -0.2) is 0 Å². The molecule has 1 aliphatic rings. The van der Waals surface area contributed by atoms with Gasteiger partial charge < -0.3 is 15.4 Å². The van der Waals surface area contributed by atoms with Crippen molar-refractivity contribution in [2.24, 2.45) is 11.7 Å². The summed E-state index contributed by atoms with van der Waals surface area (Å²) in [6.45, 7) is 4.78. The van der Waals surface area contributed by atoms with E-state index in [-0.39, 0.29) is 0 Å². The van der Waals surface area contributed by atoms with E-state index in [0.717, 1.165) is 38.8 Å². The predicted molar refractivity (Wildman–Crippen MR) is 50.1 cm³/mol. The van der Waals surface area contributed by atoms with Crippen molar-refractivity contribution in [2.45, 2.75) is 12.8 Å². The molecule has 3 nitrogen and oxygen atoms in total. The van der Waals surface area contributed by atoms with Crippen molar-refractivity contribution < 1.29 is 4.74 Å². The summed E-state index contributed by atoms with van der Waals surface area (Å²) in [5.41, 5.74) is 5.46. The Morgan fingerprint density at radius 1 is 1.58 bits per heavy atom. The topological polar surface area (TPSA) is 38.5 Å². The van der Waals surface area contributed by atoms with Crippen LogP contribution >= 0.6 is 0 Å². The summed E-state index contributed by atoms with van der Waals surface area (Å²) in [4.78, 5) is 2.29. The smallest absolute Gasteiger partial charge is 0.0506 e. The number of hydrogen-bond acceptors (Lipinski definition) is 3. The maximum atomic E-state index is 5.46. The van der Waals surface area contributed by atoms with Crippen molar-refractivity contribution in [1.29, 1.82) is 0 Å². The number of nitrogens with two attached hydrogens (primary N) is 1. The van der Waals surface area contributed by atoms with Crippen LogP contribution in [0.15, 0.2) is 0 Å². The minimum Gasteiger partial charge on any atom is -0.381 e. The quantitative estimate of drug-likeness (QED) is 0.663. The standard InChI is InChI=1S/C9H20N2O/c1-11(5-4-10)7-9-3-2-6-12-8-9/h9H,2-8,10H2,1H3. The van der Waals surface area contributed by atoms with Crippen LogP contribution in [-0.4, -0.2) is 44.8 Å². The molecule has 1 atom stereocenters. The van der Waals surface area contributed by atoms with Gasteiger partial charge >= 0.3 is 0 Å². The monoisotopic (exact) mass is 172 g/mol. The molecule has 1 heterocycles. The Kier molecular flexibility index (Phi) is 4.58. The van der Waals surface area contributed by atoms with Gasteiger partial charge in [0.25, 0.3) is 0 Å². The lowest BCUT2D eigenvalue weighted by Gasteiger charge is -2.26. The third-order valence-corrected chi connectivity index (χ3v) is 2.34. The van der Waals surface area contributed by atoms with Crippen molar-refractivity contribution in [3.05, 3.63) is 0 Å². The summed E-state index contributed by atoms with van der Waals surface area (Å²) in [5.74, 6) is 0.732. The highest BCUT2D eigenvalue weighted by molar-refractivity contribution is 4.66. The molecule has 0 spiro atoms. The van der Waals surface area contributed by atoms with E-state index >= 15 is 0 Å². The molecule has 0 bridgehead atoms. The maximum absolute atomic E-state index is 5.46. The minimum absolute atomic E-state index is 0.732. The van der Waals surface area contributed by atoms with E-state index in [1.807, 2.05) is 0 Å². The average molecular weight is 172 g/mol. The summed E-state index contributed by atoms with van der Waals surface area (Å²) in [6.07, 6.45) is 2.54. The first-order valence-corrected chi connectivity index (χ1v) is 4.79. The van der Waals surface area contributed by atoms with Crippen LogP contribution in [-0.2, 0) is 4.74 Å². The van der Waals surface area contributed by atoms with Crippen molar-refractivity contribution >= 4 is 0 Å². The first kappa shape index (κ1) is 9.96. The second-order valence-electron chi connectivity index (χ2n) is 3.63. The van der Waals surface area contributed by atoms with Gasteiger partial charge in [0, 0.05) is 26.2 Å². The zero-order valence-electron chi connectivity index (χ0n) is 7.96. The highest BCUT2D eigenvalue weighted by Crippen LogP contribution is 2.13. The molecular formula is C9H20N2O. The fourth-order valence-electron chi connectivity index (χ4n) is 1.70. The molecule has 1 aliphatic heterocycles. The normalized spacial score (nSPS) is 24.8. The highest BCUT2D eigenvalue weighted by Gasteiger charge is 2.14. The molecule has 0 radical (unpaired) electrons. The van der Waals surface area contributed by atoms with Crippen molar-refractivity contribution in [3.63, 3.8) is 0 Å². The Labute approximate surface area is 74.9 Å². The first-order chi connectivity index (χ1) is 5.83.